The van der Waals surface area contributed by atoms with Crippen LogP contribution in [0.4, 0.5) is 0 Å². The van der Waals surface area contributed by atoms with Crippen molar-refractivity contribution in [3.8, 4) is 0 Å². The van der Waals surface area contributed by atoms with Gasteiger partial charge in [-0.15, -0.1) is 22.7 Å². The van der Waals surface area contributed by atoms with Gasteiger partial charge in [-0.25, -0.2) is 9.78 Å². The summed E-state index contributed by atoms with van der Waals surface area (Å²) >= 11 is 2.53. The third-order valence-electron chi connectivity index (χ3n) is 2.63. The van der Waals surface area contributed by atoms with Crippen molar-refractivity contribution >= 4 is 38.9 Å². The largest absolute Gasteiger partial charge is 0.477 e. The Morgan fingerprint density at radius 3 is 2.95 bits per heavy atom. The van der Waals surface area contributed by atoms with Gasteiger partial charge in [-0.3, -0.25) is 9.36 Å². The molecule has 0 unspecified atom stereocenters. The van der Waals surface area contributed by atoms with Crippen LogP contribution >= 0.6 is 22.7 Å². The highest BCUT2D eigenvalue weighted by Crippen LogP contribution is 2.18. The van der Waals surface area contributed by atoms with E-state index in [1.165, 1.54) is 33.6 Å². The molecular formula is C12H8N2O3S2. The molecule has 0 radical (unpaired) electrons. The zero-order chi connectivity index (χ0) is 13.4. The molecule has 0 saturated heterocycles. The molecule has 0 aliphatic carbocycles. The van der Waals surface area contributed by atoms with Crippen molar-refractivity contribution in [1.82, 2.24) is 9.55 Å². The molecule has 3 rings (SSSR count). The second-order valence-corrected chi connectivity index (χ2v) is 5.97. The molecule has 96 valence electrons. The molecule has 5 nitrogen and oxygen atoms in total. The van der Waals surface area contributed by atoms with Crippen molar-refractivity contribution in [3.05, 3.63) is 50.0 Å². The van der Waals surface area contributed by atoms with Crippen LogP contribution in [0.5, 0.6) is 0 Å². The van der Waals surface area contributed by atoms with Crippen LogP contribution in [0, 0.1) is 0 Å². The van der Waals surface area contributed by atoms with E-state index in [0.717, 1.165) is 4.88 Å². The van der Waals surface area contributed by atoms with E-state index in [2.05, 4.69) is 4.98 Å². The monoisotopic (exact) mass is 292 g/mol. The van der Waals surface area contributed by atoms with Gasteiger partial charge in [0.1, 0.15) is 9.58 Å². The molecule has 0 atom stereocenters. The van der Waals surface area contributed by atoms with Gasteiger partial charge in [0.2, 0.25) is 0 Å². The number of aromatic carboxylic acids is 1. The zero-order valence-electron chi connectivity index (χ0n) is 9.57. The first-order chi connectivity index (χ1) is 9.15. The summed E-state index contributed by atoms with van der Waals surface area (Å²) in [5, 5.41) is 10.7. The van der Waals surface area contributed by atoms with Gasteiger partial charge in [0.05, 0.1) is 18.4 Å². The predicted molar refractivity (Wildman–Crippen MR) is 74.3 cm³/mol. The summed E-state index contributed by atoms with van der Waals surface area (Å²) in [6, 6.07) is 5.07. The molecule has 3 heterocycles. The van der Waals surface area contributed by atoms with Crippen LogP contribution in [0.25, 0.3) is 10.2 Å². The first-order valence-electron chi connectivity index (χ1n) is 5.40. The summed E-state index contributed by atoms with van der Waals surface area (Å²) in [7, 11) is 0. The number of thiophene rings is 2. The Morgan fingerprint density at radius 2 is 2.21 bits per heavy atom. The average molecular weight is 292 g/mol. The molecule has 0 aromatic carbocycles. The van der Waals surface area contributed by atoms with E-state index >= 15 is 0 Å². The number of hydrogen-bond donors (Lipinski definition) is 1. The molecule has 0 saturated carbocycles. The van der Waals surface area contributed by atoms with E-state index in [0.29, 0.717) is 16.8 Å². The topological polar surface area (TPSA) is 72.2 Å². The van der Waals surface area contributed by atoms with E-state index in [-0.39, 0.29) is 10.4 Å². The smallest absolute Gasteiger partial charge is 0.345 e. The van der Waals surface area contributed by atoms with Gasteiger partial charge < -0.3 is 5.11 Å². The average Bonchev–Trinajstić information content (AvgIpc) is 3.01. The van der Waals surface area contributed by atoms with Crippen molar-refractivity contribution in [2.24, 2.45) is 0 Å². The standard InChI is InChI=1S/C12H8N2O3S2/c15-11-10-8(3-4-18-10)13-6-14(11)5-7-1-2-9(19-7)12(16)17/h1-4,6H,5H2,(H,16,17). The van der Waals surface area contributed by atoms with Crippen molar-refractivity contribution in [3.63, 3.8) is 0 Å². The number of carbonyl (C=O) groups is 1. The molecule has 7 heteroatoms. The molecule has 3 aromatic heterocycles. The van der Waals surface area contributed by atoms with Crippen molar-refractivity contribution < 1.29 is 9.90 Å². The van der Waals surface area contributed by atoms with Crippen molar-refractivity contribution in [2.45, 2.75) is 6.54 Å². The lowest BCUT2D eigenvalue weighted by Crippen LogP contribution is -2.19. The SMILES string of the molecule is O=C(O)c1ccc(Cn2cnc3ccsc3c2=O)s1. The maximum Gasteiger partial charge on any atom is 0.345 e. The van der Waals surface area contributed by atoms with Gasteiger partial charge in [0.25, 0.3) is 5.56 Å². The summed E-state index contributed by atoms with van der Waals surface area (Å²) in [6.45, 7) is 0.345. The third kappa shape index (κ3) is 2.18. The Balaban J connectivity index is 1.98. The molecule has 0 aliphatic heterocycles. The van der Waals surface area contributed by atoms with Gasteiger partial charge in [-0.05, 0) is 23.6 Å². The molecular weight excluding hydrogens is 284 g/mol. The third-order valence-corrected chi connectivity index (χ3v) is 4.58. The Kier molecular flexibility index (Phi) is 2.92. The fourth-order valence-electron chi connectivity index (χ4n) is 1.74. The van der Waals surface area contributed by atoms with Crippen LogP contribution in [0.2, 0.25) is 0 Å². The van der Waals surface area contributed by atoms with Crippen LogP contribution in [-0.4, -0.2) is 20.6 Å². The van der Waals surface area contributed by atoms with Crippen LogP contribution < -0.4 is 5.56 Å². The molecule has 0 amide bonds. The summed E-state index contributed by atoms with van der Waals surface area (Å²) in [4.78, 5) is 28.3. The van der Waals surface area contributed by atoms with Crippen LogP contribution in [0.15, 0.2) is 34.7 Å². The number of aromatic nitrogens is 2. The normalized spacial score (nSPS) is 10.9. The highest BCUT2D eigenvalue weighted by Gasteiger charge is 2.09. The minimum atomic E-state index is -0.949. The fraction of sp³-hybridized carbons (Fsp3) is 0.0833. The molecule has 0 spiro atoms. The minimum Gasteiger partial charge on any atom is -0.477 e. The van der Waals surface area contributed by atoms with Crippen LogP contribution in [0.3, 0.4) is 0 Å². The highest BCUT2D eigenvalue weighted by atomic mass is 32.1. The fourth-order valence-corrected chi connectivity index (χ4v) is 3.38. The second kappa shape index (κ2) is 4.60. The second-order valence-electron chi connectivity index (χ2n) is 3.88. The van der Waals surface area contributed by atoms with Crippen molar-refractivity contribution in [1.29, 1.82) is 0 Å². The quantitative estimate of drug-likeness (QED) is 0.803. The first kappa shape index (κ1) is 12.1. The Morgan fingerprint density at radius 1 is 1.37 bits per heavy atom. The van der Waals surface area contributed by atoms with E-state index in [4.69, 9.17) is 5.11 Å². The van der Waals surface area contributed by atoms with Gasteiger partial charge in [-0.2, -0.15) is 0 Å². The van der Waals surface area contributed by atoms with Crippen molar-refractivity contribution in [2.75, 3.05) is 0 Å². The van der Waals surface area contributed by atoms with Gasteiger partial charge >= 0.3 is 5.97 Å². The summed E-state index contributed by atoms with van der Waals surface area (Å²) in [6.07, 6.45) is 1.50. The predicted octanol–water partition coefficient (Wildman–Crippen LogP) is 2.27. The number of nitrogens with zero attached hydrogens (tertiary/aromatic N) is 2. The van der Waals surface area contributed by atoms with E-state index in [9.17, 15) is 9.59 Å². The van der Waals surface area contributed by atoms with Gasteiger partial charge in [-0.1, -0.05) is 0 Å². The first-order valence-corrected chi connectivity index (χ1v) is 7.09. The van der Waals surface area contributed by atoms with Crippen LogP contribution in [0.1, 0.15) is 14.5 Å². The number of carboxylic acid groups (broad SMARTS) is 1. The molecule has 19 heavy (non-hydrogen) atoms. The maximum atomic E-state index is 12.2. The van der Waals surface area contributed by atoms with E-state index < -0.39 is 5.97 Å². The molecule has 0 bridgehead atoms. The Labute approximate surface area is 115 Å². The number of rotatable bonds is 3. The lowest BCUT2D eigenvalue weighted by molar-refractivity contribution is 0.0702. The van der Waals surface area contributed by atoms with E-state index in [1.807, 2.05) is 5.38 Å². The van der Waals surface area contributed by atoms with Gasteiger partial charge in [0, 0.05) is 4.88 Å². The summed E-state index contributed by atoms with van der Waals surface area (Å²) < 4.78 is 2.12. The lowest BCUT2D eigenvalue weighted by Gasteiger charge is -2.02. The molecule has 1 N–H and O–H groups in total. The van der Waals surface area contributed by atoms with Crippen LogP contribution in [-0.2, 0) is 6.54 Å². The molecule has 3 aromatic rings. The minimum absolute atomic E-state index is 0.0923. The number of hydrogen-bond acceptors (Lipinski definition) is 5. The molecule has 0 fully saturated rings. The maximum absolute atomic E-state index is 12.2. The number of carboxylic acids is 1. The Bertz CT molecular complexity index is 816. The molecule has 0 aliphatic rings. The van der Waals surface area contributed by atoms with Gasteiger partial charge in [0.15, 0.2) is 0 Å². The summed E-state index contributed by atoms with van der Waals surface area (Å²) in [5.41, 5.74) is 0.605. The Hall–Kier alpha value is -1.99. The summed E-state index contributed by atoms with van der Waals surface area (Å²) in [5.74, 6) is -0.949. The van der Waals surface area contributed by atoms with E-state index in [1.54, 1.807) is 18.2 Å². The highest BCUT2D eigenvalue weighted by molar-refractivity contribution is 7.17. The number of fused-ring (bicyclic) bond motifs is 1. The lowest BCUT2D eigenvalue weighted by atomic mass is 10.4. The zero-order valence-corrected chi connectivity index (χ0v) is 11.2.